The van der Waals surface area contributed by atoms with Gasteiger partial charge in [0.05, 0.1) is 12.7 Å². The molecule has 0 bridgehead atoms. The standard InChI is InChI=1S/C15H24O2/c1-13(2)6-5-7-14(3)11(13)8-12-15(14,4)9-16-10-17-12/h8,12H,5-7,9-10H2,1-4H3/t12-,14+,15-/m1/s1. The summed E-state index contributed by atoms with van der Waals surface area (Å²) in [6, 6.07) is 0. The van der Waals surface area contributed by atoms with E-state index < -0.39 is 0 Å². The zero-order valence-electron chi connectivity index (χ0n) is 11.5. The lowest BCUT2D eigenvalue weighted by molar-refractivity contribution is -0.211. The highest BCUT2D eigenvalue weighted by atomic mass is 16.7. The molecular formula is C15H24O2. The molecule has 0 amide bonds. The maximum absolute atomic E-state index is 5.86. The highest BCUT2D eigenvalue weighted by molar-refractivity contribution is 5.36. The normalized spacial score (nSPS) is 48.2. The van der Waals surface area contributed by atoms with Crippen molar-refractivity contribution in [1.29, 1.82) is 0 Å². The molecule has 0 aromatic carbocycles. The minimum absolute atomic E-state index is 0.137. The molecule has 1 saturated heterocycles. The minimum Gasteiger partial charge on any atom is -0.355 e. The Morgan fingerprint density at radius 3 is 2.71 bits per heavy atom. The average molecular weight is 236 g/mol. The second kappa shape index (κ2) is 3.36. The van der Waals surface area contributed by atoms with Crippen LogP contribution >= 0.6 is 0 Å². The van der Waals surface area contributed by atoms with Crippen molar-refractivity contribution in [3.63, 3.8) is 0 Å². The molecule has 1 aliphatic heterocycles. The molecule has 96 valence electrons. The molecule has 2 nitrogen and oxygen atoms in total. The van der Waals surface area contributed by atoms with Crippen LogP contribution in [0.1, 0.15) is 47.0 Å². The zero-order valence-corrected chi connectivity index (χ0v) is 11.5. The molecule has 2 aliphatic carbocycles. The first kappa shape index (κ1) is 11.7. The number of ether oxygens (including phenoxy) is 2. The van der Waals surface area contributed by atoms with Crippen LogP contribution in [0.15, 0.2) is 11.6 Å². The van der Waals surface area contributed by atoms with E-state index >= 15 is 0 Å². The summed E-state index contributed by atoms with van der Waals surface area (Å²) in [4.78, 5) is 0. The van der Waals surface area contributed by atoms with Crippen LogP contribution in [0.3, 0.4) is 0 Å². The molecule has 0 aromatic heterocycles. The van der Waals surface area contributed by atoms with Crippen molar-refractivity contribution in [2.45, 2.75) is 53.1 Å². The summed E-state index contributed by atoms with van der Waals surface area (Å²) in [5.74, 6) is 0. The Morgan fingerprint density at radius 1 is 1.18 bits per heavy atom. The highest BCUT2D eigenvalue weighted by Gasteiger charge is 2.60. The first-order chi connectivity index (χ1) is 7.90. The van der Waals surface area contributed by atoms with Crippen LogP contribution in [0.25, 0.3) is 0 Å². The zero-order chi connectivity index (χ0) is 12.3. The Kier molecular flexibility index (Phi) is 2.32. The molecule has 0 unspecified atom stereocenters. The maximum atomic E-state index is 5.86. The molecule has 2 fully saturated rings. The summed E-state index contributed by atoms with van der Waals surface area (Å²) in [6.45, 7) is 10.8. The van der Waals surface area contributed by atoms with E-state index in [1.807, 2.05) is 0 Å². The molecule has 3 rings (SSSR count). The SMILES string of the molecule is CC1(C)CCC[C@@]2(C)C1=C[C@H]1OCOC[C@]12C. The highest BCUT2D eigenvalue weighted by Crippen LogP contribution is 2.64. The molecule has 1 heterocycles. The summed E-state index contributed by atoms with van der Waals surface area (Å²) in [5.41, 5.74) is 2.35. The van der Waals surface area contributed by atoms with Crippen LogP contribution in [0.4, 0.5) is 0 Å². The second-order valence-electron chi connectivity index (χ2n) is 7.12. The summed E-state index contributed by atoms with van der Waals surface area (Å²) in [5, 5.41) is 0. The van der Waals surface area contributed by atoms with E-state index in [0.717, 1.165) is 6.61 Å². The van der Waals surface area contributed by atoms with E-state index in [0.29, 0.717) is 12.2 Å². The van der Waals surface area contributed by atoms with Gasteiger partial charge in [0.25, 0.3) is 0 Å². The van der Waals surface area contributed by atoms with Crippen LogP contribution in [-0.4, -0.2) is 19.5 Å². The summed E-state index contributed by atoms with van der Waals surface area (Å²) in [7, 11) is 0. The van der Waals surface area contributed by atoms with Crippen molar-refractivity contribution in [1.82, 2.24) is 0 Å². The Morgan fingerprint density at radius 2 is 1.94 bits per heavy atom. The molecule has 2 heteroatoms. The van der Waals surface area contributed by atoms with Crippen LogP contribution in [-0.2, 0) is 9.47 Å². The summed E-state index contributed by atoms with van der Waals surface area (Å²) in [6.07, 6.45) is 6.58. The fourth-order valence-electron chi connectivity index (χ4n) is 4.40. The van der Waals surface area contributed by atoms with Crippen molar-refractivity contribution in [2.75, 3.05) is 13.4 Å². The lowest BCUT2D eigenvalue weighted by Crippen LogP contribution is -2.51. The van der Waals surface area contributed by atoms with E-state index in [2.05, 4.69) is 33.8 Å². The Bertz CT molecular complexity index is 371. The third-order valence-electron chi connectivity index (χ3n) is 5.74. The smallest absolute Gasteiger partial charge is 0.147 e. The molecule has 0 N–H and O–H groups in total. The van der Waals surface area contributed by atoms with E-state index in [4.69, 9.17) is 9.47 Å². The van der Waals surface area contributed by atoms with Crippen molar-refractivity contribution in [3.05, 3.63) is 11.6 Å². The van der Waals surface area contributed by atoms with Gasteiger partial charge in [0.15, 0.2) is 0 Å². The average Bonchev–Trinajstić information content (AvgIpc) is 2.49. The predicted molar refractivity (Wildman–Crippen MR) is 67.6 cm³/mol. The third kappa shape index (κ3) is 1.34. The van der Waals surface area contributed by atoms with E-state index in [1.165, 1.54) is 19.3 Å². The lowest BCUT2D eigenvalue weighted by Gasteiger charge is -2.53. The van der Waals surface area contributed by atoms with Crippen LogP contribution < -0.4 is 0 Å². The van der Waals surface area contributed by atoms with Gasteiger partial charge in [0, 0.05) is 5.41 Å². The number of allylic oxidation sites excluding steroid dienone is 1. The van der Waals surface area contributed by atoms with E-state index in [1.54, 1.807) is 5.57 Å². The van der Waals surface area contributed by atoms with Gasteiger partial charge in [0.2, 0.25) is 0 Å². The van der Waals surface area contributed by atoms with Gasteiger partial charge in [-0.2, -0.15) is 0 Å². The molecule has 17 heavy (non-hydrogen) atoms. The van der Waals surface area contributed by atoms with Gasteiger partial charge in [0.1, 0.15) is 6.79 Å². The fourth-order valence-corrected chi connectivity index (χ4v) is 4.40. The predicted octanol–water partition coefficient (Wildman–Crippen LogP) is 3.52. The van der Waals surface area contributed by atoms with Gasteiger partial charge < -0.3 is 9.47 Å². The van der Waals surface area contributed by atoms with Crippen molar-refractivity contribution in [3.8, 4) is 0 Å². The first-order valence-electron chi connectivity index (χ1n) is 6.82. The second-order valence-corrected chi connectivity index (χ2v) is 7.12. The molecular weight excluding hydrogens is 212 g/mol. The topological polar surface area (TPSA) is 18.5 Å². The van der Waals surface area contributed by atoms with E-state index in [-0.39, 0.29) is 16.9 Å². The maximum Gasteiger partial charge on any atom is 0.147 e. The molecule has 1 saturated carbocycles. The van der Waals surface area contributed by atoms with Crippen molar-refractivity contribution < 1.29 is 9.47 Å². The Labute approximate surface area is 104 Å². The van der Waals surface area contributed by atoms with Crippen LogP contribution in [0, 0.1) is 16.2 Å². The van der Waals surface area contributed by atoms with Crippen molar-refractivity contribution in [2.24, 2.45) is 16.2 Å². The fraction of sp³-hybridized carbons (Fsp3) is 0.867. The largest absolute Gasteiger partial charge is 0.355 e. The monoisotopic (exact) mass is 236 g/mol. The van der Waals surface area contributed by atoms with Gasteiger partial charge in [-0.3, -0.25) is 0 Å². The Hall–Kier alpha value is -0.340. The number of hydrogen-bond donors (Lipinski definition) is 0. The molecule has 0 aromatic rings. The molecule has 3 aliphatic rings. The lowest BCUT2D eigenvalue weighted by atomic mass is 9.54. The van der Waals surface area contributed by atoms with Gasteiger partial charge in [-0.05, 0) is 23.7 Å². The van der Waals surface area contributed by atoms with Crippen LogP contribution in [0.5, 0.6) is 0 Å². The molecule has 3 atom stereocenters. The quantitative estimate of drug-likeness (QED) is 0.599. The number of fused-ring (bicyclic) bond motifs is 3. The van der Waals surface area contributed by atoms with Crippen molar-refractivity contribution >= 4 is 0 Å². The van der Waals surface area contributed by atoms with E-state index in [9.17, 15) is 0 Å². The van der Waals surface area contributed by atoms with Crippen LogP contribution in [0.2, 0.25) is 0 Å². The summed E-state index contributed by atoms with van der Waals surface area (Å²) < 4.78 is 11.5. The van der Waals surface area contributed by atoms with Gasteiger partial charge in [-0.1, -0.05) is 45.8 Å². The number of hydrogen-bond acceptors (Lipinski definition) is 2. The first-order valence-corrected chi connectivity index (χ1v) is 6.82. The van der Waals surface area contributed by atoms with Gasteiger partial charge in [-0.15, -0.1) is 0 Å². The molecule has 0 spiro atoms. The minimum atomic E-state index is 0.137. The summed E-state index contributed by atoms with van der Waals surface area (Å²) >= 11 is 0. The van der Waals surface area contributed by atoms with Gasteiger partial charge in [-0.25, -0.2) is 0 Å². The third-order valence-corrected chi connectivity index (χ3v) is 5.74. The number of rotatable bonds is 0. The molecule has 0 radical (unpaired) electrons. The Balaban J connectivity index is 2.08. The van der Waals surface area contributed by atoms with Gasteiger partial charge >= 0.3 is 0 Å².